The number of benzene rings is 1. The first-order chi connectivity index (χ1) is 8.69. The second kappa shape index (κ2) is 5.84. The summed E-state index contributed by atoms with van der Waals surface area (Å²) in [5.74, 6) is 0.461. The second-order valence-corrected chi connectivity index (χ2v) is 4.37. The lowest BCUT2D eigenvalue weighted by molar-refractivity contribution is 0.583. The summed E-state index contributed by atoms with van der Waals surface area (Å²) in [7, 11) is 0. The van der Waals surface area contributed by atoms with E-state index in [4.69, 9.17) is 23.2 Å². The molecule has 18 heavy (non-hydrogen) atoms. The topological polar surface area (TPSA) is 55.6 Å². The van der Waals surface area contributed by atoms with E-state index in [-0.39, 0.29) is 0 Å². The maximum absolute atomic E-state index is 5.92. The molecule has 94 valence electrons. The average Bonchev–Trinajstić information content (AvgIpc) is 2.79. The first-order valence-corrected chi connectivity index (χ1v) is 6.01. The fourth-order valence-corrected chi connectivity index (χ4v) is 1.66. The van der Waals surface area contributed by atoms with E-state index in [1.54, 1.807) is 18.2 Å². The fourth-order valence-electron chi connectivity index (χ4n) is 1.34. The molecule has 1 heterocycles. The van der Waals surface area contributed by atoms with Crippen LogP contribution in [0.3, 0.4) is 0 Å². The third-order valence-electron chi connectivity index (χ3n) is 2.18. The molecule has 0 aliphatic rings. The van der Waals surface area contributed by atoms with Gasteiger partial charge in [0.25, 0.3) is 5.95 Å². The smallest absolute Gasteiger partial charge is 0.263 e. The summed E-state index contributed by atoms with van der Waals surface area (Å²) >= 11 is 11.8. The highest BCUT2D eigenvalue weighted by atomic mass is 35.5. The quantitative estimate of drug-likeness (QED) is 0.858. The molecule has 0 saturated carbocycles. The van der Waals surface area contributed by atoms with Crippen molar-refractivity contribution in [1.29, 1.82) is 0 Å². The molecule has 1 aromatic heterocycles. The molecule has 2 aromatic rings. The van der Waals surface area contributed by atoms with E-state index in [0.29, 0.717) is 29.1 Å². The molecular formula is C11H11Cl2N5. The monoisotopic (exact) mass is 283 g/mol. The third-order valence-corrected chi connectivity index (χ3v) is 2.92. The zero-order valence-corrected chi connectivity index (χ0v) is 11.0. The summed E-state index contributed by atoms with van der Waals surface area (Å²) in [6.07, 6.45) is 1.70. The van der Waals surface area contributed by atoms with Gasteiger partial charge in [0.1, 0.15) is 0 Å². The van der Waals surface area contributed by atoms with Crippen LogP contribution >= 0.6 is 23.2 Å². The van der Waals surface area contributed by atoms with Crippen molar-refractivity contribution in [2.24, 2.45) is 0 Å². The number of rotatable bonds is 5. The normalized spacial score (nSPS) is 10.3. The Morgan fingerprint density at radius 1 is 1.33 bits per heavy atom. The van der Waals surface area contributed by atoms with Gasteiger partial charge in [0.2, 0.25) is 0 Å². The summed E-state index contributed by atoms with van der Waals surface area (Å²) in [5, 5.41) is 15.9. The van der Waals surface area contributed by atoms with Crippen LogP contribution in [-0.4, -0.2) is 20.2 Å². The zero-order valence-electron chi connectivity index (χ0n) is 9.48. The molecule has 0 saturated heterocycles. The molecule has 0 spiro atoms. The number of allylic oxidation sites excluding steroid dienone is 1. The summed E-state index contributed by atoms with van der Waals surface area (Å²) in [6.45, 7) is 4.68. The molecule has 0 radical (unpaired) electrons. The van der Waals surface area contributed by atoms with Crippen molar-refractivity contribution in [2.75, 3.05) is 5.32 Å². The van der Waals surface area contributed by atoms with E-state index in [1.165, 1.54) is 4.80 Å². The number of hydrogen-bond acceptors (Lipinski definition) is 4. The minimum Gasteiger partial charge on any atom is -0.348 e. The molecule has 0 aliphatic carbocycles. The Hall–Kier alpha value is -1.59. The van der Waals surface area contributed by atoms with E-state index in [0.717, 1.165) is 5.56 Å². The highest BCUT2D eigenvalue weighted by Crippen LogP contribution is 2.22. The molecule has 0 fully saturated rings. The first kappa shape index (κ1) is 12.9. The Labute approximate surface area is 114 Å². The van der Waals surface area contributed by atoms with Crippen LogP contribution in [0.2, 0.25) is 10.0 Å². The standard InChI is InChI=1S/C11H11Cl2N5/c1-2-5-18-16-11(15-17-18)14-7-8-3-4-9(12)10(13)6-8/h2-4,6H,1,5,7H2,(H,14,16). The Kier molecular flexibility index (Phi) is 4.17. The number of nitrogens with zero attached hydrogens (tertiary/aromatic N) is 4. The Balaban J connectivity index is 1.97. The number of hydrogen-bond donors (Lipinski definition) is 1. The van der Waals surface area contributed by atoms with Gasteiger partial charge < -0.3 is 5.32 Å². The minimum atomic E-state index is 0.461. The van der Waals surface area contributed by atoms with Gasteiger partial charge in [-0.1, -0.05) is 40.4 Å². The van der Waals surface area contributed by atoms with Crippen LogP contribution in [0.5, 0.6) is 0 Å². The Morgan fingerprint density at radius 2 is 2.17 bits per heavy atom. The minimum absolute atomic E-state index is 0.461. The molecule has 0 amide bonds. The highest BCUT2D eigenvalue weighted by Gasteiger charge is 2.03. The summed E-state index contributed by atoms with van der Waals surface area (Å²) in [4.78, 5) is 1.45. The molecule has 7 heteroatoms. The van der Waals surface area contributed by atoms with Crippen LogP contribution in [0.25, 0.3) is 0 Å². The van der Waals surface area contributed by atoms with Crippen LogP contribution < -0.4 is 5.32 Å². The molecule has 0 bridgehead atoms. The van der Waals surface area contributed by atoms with Crippen LogP contribution in [0, 0.1) is 0 Å². The van der Waals surface area contributed by atoms with Gasteiger partial charge in [-0.3, -0.25) is 0 Å². The molecule has 1 N–H and O–H groups in total. The van der Waals surface area contributed by atoms with E-state index < -0.39 is 0 Å². The van der Waals surface area contributed by atoms with E-state index in [1.807, 2.05) is 6.07 Å². The highest BCUT2D eigenvalue weighted by molar-refractivity contribution is 6.42. The van der Waals surface area contributed by atoms with Crippen LogP contribution in [-0.2, 0) is 13.1 Å². The molecule has 0 unspecified atom stereocenters. The van der Waals surface area contributed by atoms with Gasteiger partial charge in [-0.25, -0.2) is 0 Å². The van der Waals surface area contributed by atoms with Crippen molar-refractivity contribution in [3.63, 3.8) is 0 Å². The number of tetrazole rings is 1. The van der Waals surface area contributed by atoms with Gasteiger partial charge in [0.05, 0.1) is 16.6 Å². The van der Waals surface area contributed by atoms with E-state index in [2.05, 4.69) is 27.3 Å². The lowest BCUT2D eigenvalue weighted by Crippen LogP contribution is -2.03. The van der Waals surface area contributed by atoms with Crippen molar-refractivity contribution in [3.8, 4) is 0 Å². The lowest BCUT2D eigenvalue weighted by atomic mass is 10.2. The van der Waals surface area contributed by atoms with E-state index in [9.17, 15) is 0 Å². The third kappa shape index (κ3) is 3.21. The van der Waals surface area contributed by atoms with Gasteiger partial charge in [0.15, 0.2) is 0 Å². The number of aromatic nitrogens is 4. The summed E-state index contributed by atoms with van der Waals surface area (Å²) < 4.78 is 0. The van der Waals surface area contributed by atoms with Crippen LogP contribution in [0.15, 0.2) is 30.9 Å². The Morgan fingerprint density at radius 3 is 2.89 bits per heavy atom. The van der Waals surface area contributed by atoms with Crippen molar-refractivity contribution in [1.82, 2.24) is 20.2 Å². The largest absolute Gasteiger partial charge is 0.348 e. The molecule has 5 nitrogen and oxygen atoms in total. The number of nitrogens with one attached hydrogen (secondary N) is 1. The van der Waals surface area contributed by atoms with Crippen LogP contribution in [0.4, 0.5) is 5.95 Å². The van der Waals surface area contributed by atoms with Crippen molar-refractivity contribution < 1.29 is 0 Å². The summed E-state index contributed by atoms with van der Waals surface area (Å²) in [6, 6.07) is 5.43. The molecule has 2 rings (SSSR count). The van der Waals surface area contributed by atoms with Crippen molar-refractivity contribution >= 4 is 29.2 Å². The lowest BCUT2D eigenvalue weighted by Gasteiger charge is -2.03. The number of halogens is 2. The zero-order chi connectivity index (χ0) is 13.0. The predicted molar refractivity (Wildman–Crippen MR) is 71.8 cm³/mol. The molecular weight excluding hydrogens is 273 g/mol. The molecule has 1 aromatic carbocycles. The molecule has 0 atom stereocenters. The fraction of sp³-hybridized carbons (Fsp3) is 0.182. The SMILES string of the molecule is C=CCn1nnc(NCc2ccc(Cl)c(Cl)c2)n1. The second-order valence-electron chi connectivity index (χ2n) is 3.56. The average molecular weight is 284 g/mol. The maximum Gasteiger partial charge on any atom is 0.263 e. The molecule has 0 aliphatic heterocycles. The van der Waals surface area contributed by atoms with Gasteiger partial charge in [-0.2, -0.15) is 4.80 Å². The number of anilines is 1. The van der Waals surface area contributed by atoms with Gasteiger partial charge in [0, 0.05) is 6.54 Å². The Bertz CT molecular complexity index is 552. The predicted octanol–water partition coefficient (Wildman–Crippen LogP) is 2.78. The first-order valence-electron chi connectivity index (χ1n) is 5.25. The van der Waals surface area contributed by atoms with Crippen molar-refractivity contribution in [3.05, 3.63) is 46.5 Å². The van der Waals surface area contributed by atoms with Gasteiger partial charge in [-0.05, 0) is 22.9 Å². The van der Waals surface area contributed by atoms with Crippen molar-refractivity contribution in [2.45, 2.75) is 13.1 Å². The summed E-state index contributed by atoms with van der Waals surface area (Å²) in [5.41, 5.74) is 0.990. The van der Waals surface area contributed by atoms with Crippen LogP contribution in [0.1, 0.15) is 5.56 Å². The van der Waals surface area contributed by atoms with E-state index >= 15 is 0 Å². The van der Waals surface area contributed by atoms with Gasteiger partial charge in [-0.15, -0.1) is 11.7 Å². The maximum atomic E-state index is 5.92. The van der Waals surface area contributed by atoms with Gasteiger partial charge >= 0.3 is 0 Å².